The fourth-order valence-corrected chi connectivity index (χ4v) is 2.50. The highest BCUT2D eigenvalue weighted by Gasteiger charge is 2.34. The normalized spacial score (nSPS) is 25.0. The molecular formula is C13H17N3O. The molecule has 2 fully saturated rings. The van der Waals surface area contributed by atoms with Crippen molar-refractivity contribution >= 4 is 0 Å². The van der Waals surface area contributed by atoms with E-state index in [0.717, 1.165) is 24.9 Å². The van der Waals surface area contributed by atoms with Gasteiger partial charge in [-0.1, -0.05) is 0 Å². The summed E-state index contributed by atoms with van der Waals surface area (Å²) in [6.07, 6.45) is 4.00. The van der Waals surface area contributed by atoms with E-state index in [-0.39, 0.29) is 0 Å². The Morgan fingerprint density at radius 2 is 2.29 bits per heavy atom. The van der Waals surface area contributed by atoms with Gasteiger partial charge < -0.3 is 9.73 Å². The Kier molecular flexibility index (Phi) is 2.87. The third-order valence-corrected chi connectivity index (χ3v) is 3.62. The minimum absolute atomic E-state index is 0.396. The van der Waals surface area contributed by atoms with Gasteiger partial charge in [-0.25, -0.2) is 0 Å². The van der Waals surface area contributed by atoms with Gasteiger partial charge >= 0.3 is 0 Å². The first-order chi connectivity index (χ1) is 8.35. The quantitative estimate of drug-likeness (QED) is 0.852. The molecule has 1 aliphatic carbocycles. The second-order valence-corrected chi connectivity index (χ2v) is 4.97. The first-order valence-electron chi connectivity index (χ1n) is 6.31. The molecule has 0 bridgehead atoms. The summed E-state index contributed by atoms with van der Waals surface area (Å²) < 4.78 is 5.34. The molecule has 3 rings (SSSR count). The Bertz CT molecular complexity index is 430. The predicted molar refractivity (Wildman–Crippen MR) is 63.3 cm³/mol. The molecule has 0 aromatic carbocycles. The van der Waals surface area contributed by atoms with Crippen molar-refractivity contribution in [1.82, 2.24) is 10.2 Å². The topological polar surface area (TPSA) is 52.2 Å². The minimum Gasteiger partial charge on any atom is -0.449 e. The van der Waals surface area contributed by atoms with Gasteiger partial charge in [-0.05, 0) is 31.4 Å². The van der Waals surface area contributed by atoms with Crippen molar-refractivity contribution < 1.29 is 4.42 Å². The average molecular weight is 231 g/mol. The van der Waals surface area contributed by atoms with Crippen LogP contribution in [0.4, 0.5) is 0 Å². The molecule has 1 saturated heterocycles. The van der Waals surface area contributed by atoms with Gasteiger partial charge in [0.25, 0.3) is 0 Å². The van der Waals surface area contributed by atoms with Crippen molar-refractivity contribution in [3.8, 4) is 6.07 Å². The molecule has 90 valence electrons. The van der Waals surface area contributed by atoms with Crippen LogP contribution in [0, 0.1) is 11.3 Å². The van der Waals surface area contributed by atoms with Crippen molar-refractivity contribution in [1.29, 1.82) is 5.26 Å². The predicted octanol–water partition coefficient (Wildman–Crippen LogP) is 1.48. The molecule has 1 aliphatic heterocycles. The van der Waals surface area contributed by atoms with E-state index in [1.807, 2.05) is 12.1 Å². The lowest BCUT2D eigenvalue weighted by Crippen LogP contribution is -2.32. The summed E-state index contributed by atoms with van der Waals surface area (Å²) in [6.45, 7) is 3.12. The van der Waals surface area contributed by atoms with Gasteiger partial charge in [-0.3, -0.25) is 4.90 Å². The summed E-state index contributed by atoms with van der Waals surface area (Å²) in [4.78, 5) is 2.58. The Morgan fingerprint density at radius 3 is 3.00 bits per heavy atom. The van der Waals surface area contributed by atoms with Crippen LogP contribution in [-0.4, -0.2) is 30.1 Å². The summed E-state index contributed by atoms with van der Waals surface area (Å²) in [5.74, 6) is 1.25. The first kappa shape index (κ1) is 10.8. The van der Waals surface area contributed by atoms with E-state index < -0.39 is 0 Å². The van der Waals surface area contributed by atoms with Gasteiger partial charge in [-0.2, -0.15) is 5.26 Å². The van der Waals surface area contributed by atoms with E-state index in [1.54, 1.807) is 6.07 Å². The SMILES string of the molecule is N#Cc1ccc(CNC2CCN(C3CC3)C2)o1. The Hall–Kier alpha value is -1.31. The molecule has 4 heteroatoms. The van der Waals surface area contributed by atoms with Crippen molar-refractivity contribution in [2.24, 2.45) is 0 Å². The third-order valence-electron chi connectivity index (χ3n) is 3.62. The number of nitriles is 1. The average Bonchev–Trinajstić information content (AvgIpc) is 2.93. The van der Waals surface area contributed by atoms with E-state index in [4.69, 9.17) is 9.68 Å². The monoisotopic (exact) mass is 231 g/mol. The van der Waals surface area contributed by atoms with Gasteiger partial charge in [0.2, 0.25) is 5.76 Å². The molecule has 2 aliphatic rings. The van der Waals surface area contributed by atoms with Crippen LogP contribution in [-0.2, 0) is 6.54 Å². The summed E-state index contributed by atoms with van der Waals surface area (Å²) in [7, 11) is 0. The fraction of sp³-hybridized carbons (Fsp3) is 0.615. The van der Waals surface area contributed by atoms with Crippen molar-refractivity contribution in [2.75, 3.05) is 13.1 Å². The molecular weight excluding hydrogens is 214 g/mol. The first-order valence-corrected chi connectivity index (χ1v) is 6.31. The lowest BCUT2D eigenvalue weighted by molar-refractivity contribution is 0.315. The molecule has 4 nitrogen and oxygen atoms in total. The van der Waals surface area contributed by atoms with Crippen LogP contribution >= 0.6 is 0 Å². The van der Waals surface area contributed by atoms with Crippen molar-refractivity contribution in [2.45, 2.75) is 37.9 Å². The number of hydrogen-bond acceptors (Lipinski definition) is 4. The van der Waals surface area contributed by atoms with Gasteiger partial charge in [0.15, 0.2) is 0 Å². The maximum absolute atomic E-state index is 8.66. The Morgan fingerprint density at radius 1 is 1.41 bits per heavy atom. The van der Waals surface area contributed by atoms with Gasteiger partial charge in [0, 0.05) is 25.2 Å². The maximum Gasteiger partial charge on any atom is 0.203 e. The van der Waals surface area contributed by atoms with Crippen molar-refractivity contribution in [3.63, 3.8) is 0 Å². The largest absolute Gasteiger partial charge is 0.449 e. The molecule has 1 atom stereocenters. The zero-order valence-corrected chi connectivity index (χ0v) is 9.85. The number of nitrogens with zero attached hydrogens (tertiary/aromatic N) is 2. The standard InChI is InChI=1S/C13H17N3O/c14-7-12-3-4-13(17-12)8-15-10-5-6-16(9-10)11-1-2-11/h3-4,10-11,15H,1-2,5-6,8-9H2. The maximum atomic E-state index is 8.66. The van der Waals surface area contributed by atoms with Crippen LogP contribution in [0.15, 0.2) is 16.5 Å². The second-order valence-electron chi connectivity index (χ2n) is 4.97. The fourth-order valence-electron chi connectivity index (χ4n) is 2.50. The van der Waals surface area contributed by atoms with Crippen LogP contribution in [0.25, 0.3) is 0 Å². The summed E-state index contributed by atoms with van der Waals surface area (Å²) in [6, 6.07) is 7.05. The zero-order valence-electron chi connectivity index (χ0n) is 9.85. The van der Waals surface area contributed by atoms with E-state index in [0.29, 0.717) is 11.8 Å². The minimum atomic E-state index is 0.396. The highest BCUT2D eigenvalue weighted by atomic mass is 16.3. The van der Waals surface area contributed by atoms with Crippen LogP contribution in [0.2, 0.25) is 0 Å². The Balaban J connectivity index is 1.46. The smallest absolute Gasteiger partial charge is 0.203 e. The number of likely N-dealkylation sites (tertiary alicyclic amines) is 1. The van der Waals surface area contributed by atoms with E-state index in [1.165, 1.54) is 25.8 Å². The van der Waals surface area contributed by atoms with Crippen LogP contribution in [0.5, 0.6) is 0 Å². The van der Waals surface area contributed by atoms with Gasteiger partial charge in [0.05, 0.1) is 6.54 Å². The van der Waals surface area contributed by atoms with E-state index in [9.17, 15) is 0 Å². The summed E-state index contributed by atoms with van der Waals surface area (Å²) >= 11 is 0. The molecule has 1 aromatic heterocycles. The van der Waals surface area contributed by atoms with Crippen LogP contribution in [0.3, 0.4) is 0 Å². The molecule has 1 aromatic rings. The lowest BCUT2D eigenvalue weighted by Gasteiger charge is -2.15. The number of rotatable bonds is 4. The van der Waals surface area contributed by atoms with Crippen LogP contribution in [0.1, 0.15) is 30.8 Å². The summed E-state index contributed by atoms with van der Waals surface area (Å²) in [5, 5.41) is 12.2. The summed E-state index contributed by atoms with van der Waals surface area (Å²) in [5.41, 5.74) is 0. The third kappa shape index (κ3) is 2.51. The molecule has 1 N–H and O–H groups in total. The Labute approximate surface area is 101 Å². The molecule has 0 spiro atoms. The molecule has 1 unspecified atom stereocenters. The van der Waals surface area contributed by atoms with E-state index >= 15 is 0 Å². The van der Waals surface area contributed by atoms with Gasteiger partial charge in [-0.15, -0.1) is 0 Å². The molecule has 0 amide bonds. The molecule has 17 heavy (non-hydrogen) atoms. The zero-order chi connectivity index (χ0) is 11.7. The number of furan rings is 1. The number of nitrogens with one attached hydrogen (secondary N) is 1. The van der Waals surface area contributed by atoms with Gasteiger partial charge in [0.1, 0.15) is 11.8 Å². The van der Waals surface area contributed by atoms with E-state index in [2.05, 4.69) is 10.2 Å². The van der Waals surface area contributed by atoms with Crippen LogP contribution < -0.4 is 5.32 Å². The van der Waals surface area contributed by atoms with Crippen molar-refractivity contribution in [3.05, 3.63) is 23.7 Å². The highest BCUT2D eigenvalue weighted by Crippen LogP contribution is 2.29. The second kappa shape index (κ2) is 4.52. The lowest BCUT2D eigenvalue weighted by atomic mass is 10.2. The molecule has 2 heterocycles. The molecule has 0 radical (unpaired) electrons. The molecule has 1 saturated carbocycles. The highest BCUT2D eigenvalue weighted by molar-refractivity contribution is 5.19. The number of hydrogen-bond donors (Lipinski definition) is 1.